The fourth-order valence-electron chi connectivity index (χ4n) is 4.41. The molecule has 5 rings (SSSR count). The van der Waals surface area contributed by atoms with E-state index in [0.717, 1.165) is 46.8 Å². The summed E-state index contributed by atoms with van der Waals surface area (Å²) in [4.78, 5) is 29.0. The second-order valence-electron chi connectivity index (χ2n) is 7.60. The van der Waals surface area contributed by atoms with Crippen LogP contribution in [-0.2, 0) is 13.5 Å². The van der Waals surface area contributed by atoms with Gasteiger partial charge in [0.15, 0.2) is 0 Å². The second kappa shape index (κ2) is 6.78. The minimum atomic E-state index is -0.228. The number of hydrogen-bond acceptors (Lipinski definition) is 2. The molecule has 0 spiro atoms. The van der Waals surface area contributed by atoms with Gasteiger partial charge in [0, 0.05) is 40.1 Å². The number of hydrogen-bond donors (Lipinski definition) is 2. The van der Waals surface area contributed by atoms with Gasteiger partial charge in [0.1, 0.15) is 0 Å². The maximum atomic E-state index is 13.2. The average Bonchev–Trinajstić information content (AvgIpc) is 3.09. The first kappa shape index (κ1) is 18.0. The van der Waals surface area contributed by atoms with Crippen LogP contribution in [0.2, 0.25) is 5.02 Å². The van der Waals surface area contributed by atoms with Crippen molar-refractivity contribution in [3.05, 3.63) is 80.7 Å². The molecule has 2 N–H and O–H groups in total. The third-order valence-corrected chi connectivity index (χ3v) is 6.11. The fraction of sp³-hybridized carbons (Fsp3) is 0.217. The molecule has 2 heterocycles. The van der Waals surface area contributed by atoms with Crippen LogP contribution in [0.5, 0.6) is 0 Å². The van der Waals surface area contributed by atoms with Crippen molar-refractivity contribution in [3.63, 3.8) is 0 Å². The van der Waals surface area contributed by atoms with Gasteiger partial charge >= 0.3 is 0 Å². The van der Waals surface area contributed by atoms with Crippen LogP contribution in [0.1, 0.15) is 40.5 Å². The van der Waals surface area contributed by atoms with Crippen LogP contribution < -0.4 is 10.9 Å². The van der Waals surface area contributed by atoms with Crippen molar-refractivity contribution in [2.24, 2.45) is 7.05 Å². The fourth-order valence-corrected chi connectivity index (χ4v) is 4.59. The Labute approximate surface area is 172 Å². The minimum Gasteiger partial charge on any atom is -0.356 e. The quantitative estimate of drug-likeness (QED) is 0.516. The monoisotopic (exact) mass is 405 g/mol. The van der Waals surface area contributed by atoms with Crippen molar-refractivity contribution in [1.82, 2.24) is 14.9 Å². The first-order valence-corrected chi connectivity index (χ1v) is 10.1. The predicted molar refractivity (Wildman–Crippen MR) is 116 cm³/mol. The second-order valence-corrected chi connectivity index (χ2v) is 8.03. The van der Waals surface area contributed by atoms with Crippen molar-refractivity contribution in [3.8, 4) is 0 Å². The Morgan fingerprint density at radius 2 is 2.00 bits per heavy atom. The standard InChI is InChI=1S/C23H20ClN3O2/c1-27-20-8-3-2-5-14(20)17(12-21(27)28)23(29)26-19-7-4-6-15-16-11-13(24)9-10-18(16)25-22(15)19/h2-3,5,8-12,19,25H,4,6-7H2,1H3,(H,26,29). The average molecular weight is 406 g/mol. The lowest BCUT2D eigenvalue weighted by Gasteiger charge is -2.24. The molecule has 2 aromatic carbocycles. The van der Waals surface area contributed by atoms with Crippen molar-refractivity contribution in [1.29, 1.82) is 0 Å². The predicted octanol–water partition coefficient (Wildman–Crippen LogP) is 4.48. The third kappa shape index (κ3) is 2.93. The lowest BCUT2D eigenvalue weighted by molar-refractivity contribution is 0.0933. The van der Waals surface area contributed by atoms with E-state index in [-0.39, 0.29) is 17.5 Å². The van der Waals surface area contributed by atoms with E-state index in [2.05, 4.69) is 10.3 Å². The molecular formula is C23H20ClN3O2. The summed E-state index contributed by atoms with van der Waals surface area (Å²) < 4.78 is 1.56. The zero-order chi connectivity index (χ0) is 20.1. The van der Waals surface area contributed by atoms with Crippen LogP contribution in [-0.4, -0.2) is 15.5 Å². The van der Waals surface area contributed by atoms with E-state index in [1.54, 1.807) is 11.6 Å². The van der Waals surface area contributed by atoms with E-state index in [1.807, 2.05) is 42.5 Å². The van der Waals surface area contributed by atoms with Gasteiger partial charge in [0.2, 0.25) is 0 Å². The van der Waals surface area contributed by atoms with E-state index in [1.165, 1.54) is 11.6 Å². The summed E-state index contributed by atoms with van der Waals surface area (Å²) in [6.45, 7) is 0. The van der Waals surface area contributed by atoms with Crippen molar-refractivity contribution < 1.29 is 4.79 Å². The zero-order valence-electron chi connectivity index (χ0n) is 16.0. The Kier molecular flexibility index (Phi) is 4.21. The Morgan fingerprint density at radius 1 is 1.17 bits per heavy atom. The van der Waals surface area contributed by atoms with Crippen LogP contribution in [0.15, 0.2) is 53.3 Å². The summed E-state index contributed by atoms with van der Waals surface area (Å²) >= 11 is 6.19. The number of para-hydroxylation sites is 1. The summed E-state index contributed by atoms with van der Waals surface area (Å²) in [6, 6.07) is 14.6. The smallest absolute Gasteiger partial charge is 0.252 e. The number of pyridine rings is 1. The van der Waals surface area contributed by atoms with Crippen molar-refractivity contribution in [2.75, 3.05) is 0 Å². The normalized spacial score (nSPS) is 16.1. The topological polar surface area (TPSA) is 66.9 Å². The number of aromatic amines is 1. The molecule has 4 aromatic rings. The summed E-state index contributed by atoms with van der Waals surface area (Å²) in [5, 5.41) is 5.75. The lowest BCUT2D eigenvalue weighted by atomic mass is 9.91. The first-order chi connectivity index (χ1) is 14.0. The SMILES string of the molecule is Cn1c(=O)cc(C(=O)NC2CCCc3c2[nH]c2ccc(Cl)cc32)c2ccccc21. The van der Waals surface area contributed by atoms with E-state index in [9.17, 15) is 9.59 Å². The molecule has 0 saturated carbocycles. The number of carbonyl (C=O) groups excluding carboxylic acids is 1. The molecule has 2 aromatic heterocycles. The molecule has 5 nitrogen and oxygen atoms in total. The maximum absolute atomic E-state index is 13.2. The molecule has 1 unspecified atom stereocenters. The van der Waals surface area contributed by atoms with Crippen LogP contribution in [0.3, 0.4) is 0 Å². The van der Waals surface area contributed by atoms with Crippen molar-refractivity contribution in [2.45, 2.75) is 25.3 Å². The minimum absolute atomic E-state index is 0.125. The van der Waals surface area contributed by atoms with E-state index in [0.29, 0.717) is 10.6 Å². The number of rotatable bonds is 2. The number of halogens is 1. The Balaban J connectivity index is 1.55. The third-order valence-electron chi connectivity index (χ3n) is 5.87. The number of amides is 1. The molecule has 0 fully saturated rings. The van der Waals surface area contributed by atoms with Crippen molar-refractivity contribution >= 4 is 39.3 Å². The number of aryl methyl sites for hydroxylation is 2. The number of nitrogens with zero attached hydrogens (tertiary/aromatic N) is 1. The maximum Gasteiger partial charge on any atom is 0.252 e. The highest BCUT2D eigenvalue weighted by atomic mass is 35.5. The molecule has 29 heavy (non-hydrogen) atoms. The Bertz CT molecular complexity index is 1340. The van der Waals surface area contributed by atoms with Gasteiger partial charge in [-0.25, -0.2) is 0 Å². The molecule has 1 amide bonds. The summed E-state index contributed by atoms with van der Waals surface area (Å²) in [7, 11) is 1.72. The molecular weight excluding hydrogens is 386 g/mol. The molecule has 6 heteroatoms. The number of benzene rings is 2. The molecule has 146 valence electrons. The number of nitrogens with one attached hydrogen (secondary N) is 2. The van der Waals surface area contributed by atoms with Gasteiger partial charge in [0.25, 0.3) is 11.5 Å². The highest BCUT2D eigenvalue weighted by Crippen LogP contribution is 2.36. The molecule has 0 bridgehead atoms. The van der Waals surface area contributed by atoms with Gasteiger partial charge in [-0.1, -0.05) is 29.8 Å². The Morgan fingerprint density at radius 3 is 2.86 bits per heavy atom. The van der Waals surface area contributed by atoms with Gasteiger partial charge in [-0.2, -0.15) is 0 Å². The van der Waals surface area contributed by atoms with E-state index < -0.39 is 0 Å². The molecule has 1 aliphatic carbocycles. The number of fused-ring (bicyclic) bond motifs is 4. The van der Waals surface area contributed by atoms with Gasteiger partial charge < -0.3 is 14.9 Å². The highest BCUT2D eigenvalue weighted by molar-refractivity contribution is 6.31. The number of carbonyl (C=O) groups is 1. The molecule has 0 aliphatic heterocycles. The lowest BCUT2D eigenvalue weighted by Crippen LogP contribution is -2.32. The van der Waals surface area contributed by atoms with Crippen LogP contribution in [0.4, 0.5) is 0 Å². The van der Waals surface area contributed by atoms with Gasteiger partial charge in [-0.3, -0.25) is 9.59 Å². The van der Waals surface area contributed by atoms with Gasteiger partial charge in [-0.15, -0.1) is 0 Å². The van der Waals surface area contributed by atoms with Crippen LogP contribution in [0, 0.1) is 0 Å². The van der Waals surface area contributed by atoms with Gasteiger partial charge in [-0.05, 0) is 49.1 Å². The van der Waals surface area contributed by atoms with Crippen LogP contribution >= 0.6 is 11.6 Å². The largest absolute Gasteiger partial charge is 0.356 e. The van der Waals surface area contributed by atoms with Crippen LogP contribution in [0.25, 0.3) is 21.8 Å². The van der Waals surface area contributed by atoms with Gasteiger partial charge in [0.05, 0.1) is 17.1 Å². The van der Waals surface area contributed by atoms with E-state index in [4.69, 9.17) is 11.6 Å². The highest BCUT2D eigenvalue weighted by Gasteiger charge is 2.26. The number of H-pyrrole nitrogens is 1. The van der Waals surface area contributed by atoms with E-state index >= 15 is 0 Å². The molecule has 1 aliphatic rings. The molecule has 0 saturated heterocycles. The summed E-state index contributed by atoms with van der Waals surface area (Å²) in [5.41, 5.74) is 4.24. The molecule has 1 atom stereocenters. The zero-order valence-corrected chi connectivity index (χ0v) is 16.7. The molecule has 0 radical (unpaired) electrons. The summed E-state index contributed by atoms with van der Waals surface area (Å²) in [6.07, 6.45) is 2.79. The summed E-state index contributed by atoms with van der Waals surface area (Å²) in [5.74, 6) is -0.228. The first-order valence-electron chi connectivity index (χ1n) is 9.72. The Hall–Kier alpha value is -3.05. The number of aromatic nitrogens is 2.